The molecule has 0 aliphatic carbocycles. The molecule has 94 valence electrons. The Hall–Kier alpha value is -1.25. The summed E-state index contributed by atoms with van der Waals surface area (Å²) in [5, 5.41) is 0. The second-order valence-corrected chi connectivity index (χ2v) is 3.62. The van der Waals surface area contributed by atoms with E-state index in [1.807, 2.05) is 6.92 Å². The van der Waals surface area contributed by atoms with Crippen molar-refractivity contribution in [3.8, 4) is 0 Å². The van der Waals surface area contributed by atoms with Gasteiger partial charge in [-0.3, -0.25) is 0 Å². The van der Waals surface area contributed by atoms with Crippen LogP contribution in [0, 0.1) is 5.92 Å². The van der Waals surface area contributed by atoms with Gasteiger partial charge in [0.25, 0.3) is 0 Å². The summed E-state index contributed by atoms with van der Waals surface area (Å²) in [6.07, 6.45) is 4.62. The van der Waals surface area contributed by atoms with Gasteiger partial charge in [-0.2, -0.15) is 0 Å². The maximum Gasteiger partial charge on any atom is 0.330 e. The molecule has 0 aromatic carbocycles. The van der Waals surface area contributed by atoms with Crippen molar-refractivity contribution >= 4 is 5.97 Å². The highest BCUT2D eigenvalue weighted by Crippen LogP contribution is 1.90. The van der Waals surface area contributed by atoms with Crippen molar-refractivity contribution in [2.24, 2.45) is 5.92 Å². The summed E-state index contributed by atoms with van der Waals surface area (Å²) in [6.45, 7) is 14.2. The molecule has 0 spiro atoms. The Kier molecular flexibility index (Phi) is 14.7. The first-order valence-electron chi connectivity index (χ1n) is 5.60. The van der Waals surface area contributed by atoms with Crippen LogP contribution in [0.4, 0.5) is 0 Å². The van der Waals surface area contributed by atoms with Crippen LogP contribution in [-0.4, -0.2) is 19.2 Å². The van der Waals surface area contributed by atoms with Gasteiger partial charge in [0.15, 0.2) is 0 Å². The number of unbranched alkanes of at least 4 members (excludes halogenated alkanes) is 1. The second kappa shape index (κ2) is 13.8. The molecule has 0 radical (unpaired) electrons. The lowest BCUT2D eigenvalue weighted by Crippen LogP contribution is -2.00. The average molecular weight is 228 g/mol. The minimum atomic E-state index is -0.330. The van der Waals surface area contributed by atoms with E-state index in [4.69, 9.17) is 4.74 Å². The zero-order chi connectivity index (χ0) is 12.8. The van der Waals surface area contributed by atoms with Gasteiger partial charge in [-0.15, -0.1) is 0 Å². The number of hydrogen-bond acceptors (Lipinski definition) is 3. The Labute approximate surface area is 99.1 Å². The lowest BCUT2D eigenvalue weighted by Gasteiger charge is -2.00. The van der Waals surface area contributed by atoms with Crippen LogP contribution in [0.2, 0.25) is 0 Å². The third-order valence-electron chi connectivity index (χ3n) is 1.46. The molecule has 0 saturated heterocycles. The predicted octanol–water partition coefficient (Wildman–Crippen LogP) is 3.32. The molecule has 0 rings (SSSR count). The molecule has 0 aromatic heterocycles. The van der Waals surface area contributed by atoms with Gasteiger partial charge < -0.3 is 9.47 Å². The van der Waals surface area contributed by atoms with Crippen molar-refractivity contribution in [1.29, 1.82) is 0 Å². The number of hydrogen-bond donors (Lipinski definition) is 0. The van der Waals surface area contributed by atoms with Gasteiger partial charge >= 0.3 is 5.97 Å². The molecule has 0 aromatic rings. The molecule has 0 atom stereocenters. The normalized spacial score (nSPS) is 8.75. The Morgan fingerprint density at radius 3 is 2.31 bits per heavy atom. The lowest BCUT2D eigenvalue weighted by molar-refractivity contribution is -0.137. The largest absolute Gasteiger partial charge is 0.502 e. The topological polar surface area (TPSA) is 35.5 Å². The first-order chi connectivity index (χ1) is 7.58. The highest BCUT2D eigenvalue weighted by atomic mass is 16.5. The van der Waals surface area contributed by atoms with E-state index in [9.17, 15) is 4.79 Å². The average Bonchev–Trinajstić information content (AvgIpc) is 2.27. The monoisotopic (exact) mass is 228 g/mol. The first-order valence-corrected chi connectivity index (χ1v) is 5.60. The first kappa shape index (κ1) is 17.2. The number of rotatable bonds is 7. The van der Waals surface area contributed by atoms with E-state index in [1.165, 1.54) is 12.3 Å². The van der Waals surface area contributed by atoms with E-state index in [-0.39, 0.29) is 5.97 Å². The number of carbonyl (C=O) groups excluding carboxylic acids is 1. The molecule has 0 amide bonds. The molecule has 16 heavy (non-hydrogen) atoms. The van der Waals surface area contributed by atoms with Gasteiger partial charge in [0.1, 0.15) is 0 Å². The van der Waals surface area contributed by atoms with Crippen LogP contribution < -0.4 is 0 Å². The third-order valence-corrected chi connectivity index (χ3v) is 1.46. The van der Waals surface area contributed by atoms with Crippen molar-refractivity contribution in [3.05, 3.63) is 25.5 Å². The van der Waals surface area contributed by atoms with E-state index < -0.39 is 0 Å². The molecule has 0 bridgehead atoms. The molecule has 0 fully saturated rings. The highest BCUT2D eigenvalue weighted by Gasteiger charge is 1.91. The maximum absolute atomic E-state index is 10.3. The zero-order valence-corrected chi connectivity index (χ0v) is 10.7. The molecular weight excluding hydrogens is 204 g/mol. The van der Waals surface area contributed by atoms with Gasteiger partial charge in [-0.1, -0.05) is 40.3 Å². The number of ether oxygens (including phenoxy) is 2. The fourth-order valence-electron chi connectivity index (χ4n) is 0.637. The summed E-state index contributed by atoms with van der Waals surface area (Å²) in [4.78, 5) is 10.3. The van der Waals surface area contributed by atoms with Gasteiger partial charge in [-0.05, 0) is 12.3 Å². The van der Waals surface area contributed by atoms with Gasteiger partial charge in [-0.25, -0.2) is 4.79 Å². The standard InChI is InChI=1S/C7H12O2.C6H12O/c1-3-5-6-9-7(8)4-2;1-4-7-5-6(2)3/h4H,2-3,5-6H2,1H3;4,6H,1,5H2,2-3H3. The minimum absolute atomic E-state index is 0.330. The SMILES string of the molecule is C=CC(=O)OCCCC.C=COCC(C)C. The quantitative estimate of drug-likeness (QED) is 0.290. The van der Waals surface area contributed by atoms with Gasteiger partial charge in [0.2, 0.25) is 0 Å². The molecule has 0 unspecified atom stereocenters. The third kappa shape index (κ3) is 18.5. The smallest absolute Gasteiger partial charge is 0.330 e. The Balaban J connectivity index is 0. The Morgan fingerprint density at radius 1 is 1.38 bits per heavy atom. The van der Waals surface area contributed by atoms with Crippen LogP contribution in [0.3, 0.4) is 0 Å². The van der Waals surface area contributed by atoms with Crippen LogP contribution in [0.25, 0.3) is 0 Å². The summed E-state index contributed by atoms with van der Waals surface area (Å²) < 4.78 is 9.53. The number of carbonyl (C=O) groups is 1. The van der Waals surface area contributed by atoms with E-state index >= 15 is 0 Å². The van der Waals surface area contributed by atoms with E-state index in [0.717, 1.165) is 19.4 Å². The van der Waals surface area contributed by atoms with Gasteiger partial charge in [0, 0.05) is 6.08 Å². The molecule has 0 heterocycles. The molecule has 0 N–H and O–H groups in total. The van der Waals surface area contributed by atoms with Crippen LogP contribution in [0.1, 0.15) is 33.6 Å². The molecule has 3 heteroatoms. The lowest BCUT2D eigenvalue weighted by atomic mass is 10.2. The fourth-order valence-corrected chi connectivity index (χ4v) is 0.637. The van der Waals surface area contributed by atoms with Crippen LogP contribution in [-0.2, 0) is 14.3 Å². The molecule has 3 nitrogen and oxygen atoms in total. The van der Waals surface area contributed by atoms with Crippen molar-refractivity contribution in [1.82, 2.24) is 0 Å². The molecule has 0 aliphatic heterocycles. The van der Waals surface area contributed by atoms with E-state index in [1.54, 1.807) is 0 Å². The fraction of sp³-hybridized carbons (Fsp3) is 0.615. The predicted molar refractivity (Wildman–Crippen MR) is 67.1 cm³/mol. The Morgan fingerprint density at radius 2 is 2.00 bits per heavy atom. The Bertz CT molecular complexity index is 186. The van der Waals surface area contributed by atoms with Crippen LogP contribution in [0.15, 0.2) is 25.5 Å². The van der Waals surface area contributed by atoms with Crippen molar-refractivity contribution in [2.75, 3.05) is 13.2 Å². The maximum atomic E-state index is 10.3. The summed E-state index contributed by atoms with van der Waals surface area (Å²) >= 11 is 0. The highest BCUT2D eigenvalue weighted by molar-refractivity contribution is 5.81. The van der Waals surface area contributed by atoms with Crippen molar-refractivity contribution in [2.45, 2.75) is 33.6 Å². The zero-order valence-electron chi connectivity index (χ0n) is 10.7. The molecule has 0 aliphatic rings. The number of esters is 1. The van der Waals surface area contributed by atoms with E-state index in [2.05, 4.69) is 31.7 Å². The summed E-state index contributed by atoms with van der Waals surface area (Å²) in [5.41, 5.74) is 0. The summed E-state index contributed by atoms with van der Waals surface area (Å²) in [5.74, 6) is 0.279. The van der Waals surface area contributed by atoms with Crippen LogP contribution in [0.5, 0.6) is 0 Å². The molecule has 0 saturated carbocycles. The van der Waals surface area contributed by atoms with E-state index in [0.29, 0.717) is 12.5 Å². The summed E-state index contributed by atoms with van der Waals surface area (Å²) in [6, 6.07) is 0. The minimum Gasteiger partial charge on any atom is -0.502 e. The van der Waals surface area contributed by atoms with Crippen LogP contribution >= 0.6 is 0 Å². The van der Waals surface area contributed by atoms with Crippen molar-refractivity contribution in [3.63, 3.8) is 0 Å². The second-order valence-electron chi connectivity index (χ2n) is 3.62. The van der Waals surface area contributed by atoms with Gasteiger partial charge in [0.05, 0.1) is 19.5 Å². The summed E-state index contributed by atoms with van der Waals surface area (Å²) in [7, 11) is 0. The van der Waals surface area contributed by atoms with Crippen molar-refractivity contribution < 1.29 is 14.3 Å². The molecular formula is C13H24O3.